The van der Waals surface area contributed by atoms with E-state index in [9.17, 15) is 4.79 Å². The van der Waals surface area contributed by atoms with Crippen molar-refractivity contribution in [1.29, 1.82) is 0 Å². The van der Waals surface area contributed by atoms with E-state index in [4.69, 9.17) is 28.2 Å². The molecule has 4 nitrogen and oxygen atoms in total. The summed E-state index contributed by atoms with van der Waals surface area (Å²) >= 11 is 12.3. The van der Waals surface area contributed by atoms with E-state index in [1.807, 2.05) is 68.4 Å². The molecule has 0 radical (unpaired) electrons. The minimum Gasteiger partial charge on any atom is -0.352 e. The zero-order valence-corrected chi connectivity index (χ0v) is 21.1. The number of rotatable bonds is 9. The Balaban J connectivity index is 1.34. The van der Waals surface area contributed by atoms with Crippen LogP contribution in [0.25, 0.3) is 11.0 Å². The number of aryl methyl sites for hydroxylation is 3. The van der Waals surface area contributed by atoms with Crippen LogP contribution < -0.4 is 5.32 Å². The average molecular weight is 494 g/mol. The summed E-state index contributed by atoms with van der Waals surface area (Å²) in [6.07, 6.45) is 3.83. The molecule has 0 fully saturated rings. The van der Waals surface area contributed by atoms with Crippen molar-refractivity contribution in [3.63, 3.8) is 0 Å². The Hall–Kier alpha value is -2.82. The fourth-order valence-electron chi connectivity index (χ4n) is 4.26. The van der Waals surface area contributed by atoms with Gasteiger partial charge in [-0.25, -0.2) is 4.98 Å². The summed E-state index contributed by atoms with van der Waals surface area (Å²) < 4.78 is 2.26. The second-order valence-electron chi connectivity index (χ2n) is 8.74. The highest BCUT2D eigenvalue weighted by molar-refractivity contribution is 6.42. The summed E-state index contributed by atoms with van der Waals surface area (Å²) in [4.78, 5) is 17.3. The number of halogens is 2. The maximum absolute atomic E-state index is 12.5. The van der Waals surface area contributed by atoms with Gasteiger partial charge in [-0.1, -0.05) is 65.5 Å². The van der Waals surface area contributed by atoms with E-state index in [0.29, 0.717) is 23.1 Å². The van der Waals surface area contributed by atoms with Gasteiger partial charge in [0.05, 0.1) is 21.1 Å². The van der Waals surface area contributed by atoms with Gasteiger partial charge < -0.3 is 9.88 Å². The van der Waals surface area contributed by atoms with E-state index in [1.54, 1.807) is 0 Å². The molecule has 1 heterocycles. The minimum absolute atomic E-state index is 0.000850. The van der Waals surface area contributed by atoms with Crippen LogP contribution in [-0.4, -0.2) is 22.0 Å². The molecule has 3 aromatic carbocycles. The number of nitrogens with one attached hydrogen (secondary N) is 1. The zero-order valence-electron chi connectivity index (χ0n) is 19.6. The van der Waals surface area contributed by atoms with Crippen LogP contribution in [0.2, 0.25) is 10.0 Å². The van der Waals surface area contributed by atoms with Crippen LogP contribution in [0.4, 0.5) is 0 Å². The van der Waals surface area contributed by atoms with Crippen LogP contribution in [0.15, 0.2) is 60.7 Å². The molecule has 1 N–H and O–H groups in total. The summed E-state index contributed by atoms with van der Waals surface area (Å²) in [7, 11) is 0. The molecule has 0 spiro atoms. The van der Waals surface area contributed by atoms with Gasteiger partial charge in [-0.05, 0) is 68.1 Å². The lowest BCUT2D eigenvalue weighted by molar-refractivity contribution is 0.0952. The van der Waals surface area contributed by atoms with Crippen LogP contribution >= 0.6 is 23.2 Å². The van der Waals surface area contributed by atoms with Crippen molar-refractivity contribution in [2.45, 2.75) is 46.1 Å². The molecule has 6 heteroatoms. The van der Waals surface area contributed by atoms with E-state index < -0.39 is 0 Å². The fraction of sp³-hybridized carbons (Fsp3) is 0.286. The Kier molecular flexibility index (Phi) is 7.91. The molecule has 4 aromatic rings. The van der Waals surface area contributed by atoms with Crippen LogP contribution in [0.3, 0.4) is 0 Å². The molecule has 0 aliphatic carbocycles. The molecule has 34 heavy (non-hydrogen) atoms. The average Bonchev–Trinajstić information content (AvgIpc) is 3.15. The normalized spacial score (nSPS) is 11.2. The Bertz CT molecular complexity index is 1310. The highest BCUT2D eigenvalue weighted by atomic mass is 35.5. The van der Waals surface area contributed by atoms with Gasteiger partial charge in [0.1, 0.15) is 5.82 Å². The Morgan fingerprint density at radius 1 is 0.941 bits per heavy atom. The van der Waals surface area contributed by atoms with Crippen LogP contribution in [0.1, 0.15) is 52.1 Å². The van der Waals surface area contributed by atoms with Crippen molar-refractivity contribution < 1.29 is 4.79 Å². The number of unbranched alkanes of at least 4 members (excludes halogenated alkanes) is 2. The number of carbonyl (C=O) groups is 1. The van der Waals surface area contributed by atoms with Crippen molar-refractivity contribution in [1.82, 2.24) is 14.9 Å². The van der Waals surface area contributed by atoms with Crippen molar-refractivity contribution in [2.24, 2.45) is 0 Å². The topological polar surface area (TPSA) is 46.9 Å². The predicted molar refractivity (Wildman–Crippen MR) is 141 cm³/mol. The van der Waals surface area contributed by atoms with Crippen molar-refractivity contribution in [3.8, 4) is 0 Å². The smallest absolute Gasteiger partial charge is 0.251 e. The molecular weight excluding hydrogens is 465 g/mol. The van der Waals surface area contributed by atoms with Gasteiger partial charge in [0, 0.05) is 25.1 Å². The SMILES string of the molecule is Cc1ccc(C(=O)NCCCCCc2nc3ccccc3n2Cc2ccc(Cl)c(Cl)c2)c(C)c1. The Labute approximate surface area is 210 Å². The summed E-state index contributed by atoms with van der Waals surface area (Å²) in [5.41, 5.74) is 6.13. The summed E-state index contributed by atoms with van der Waals surface area (Å²) in [6, 6.07) is 19.9. The third-order valence-corrected chi connectivity index (χ3v) is 6.79. The highest BCUT2D eigenvalue weighted by Gasteiger charge is 2.12. The third-order valence-electron chi connectivity index (χ3n) is 6.05. The number of imidazole rings is 1. The second-order valence-corrected chi connectivity index (χ2v) is 9.55. The molecule has 0 bridgehead atoms. The number of benzene rings is 3. The van der Waals surface area contributed by atoms with Crippen LogP contribution in [0.5, 0.6) is 0 Å². The van der Waals surface area contributed by atoms with Crippen molar-refractivity contribution in [3.05, 3.63) is 98.8 Å². The molecule has 0 atom stereocenters. The van der Waals surface area contributed by atoms with Crippen LogP contribution in [0, 0.1) is 13.8 Å². The van der Waals surface area contributed by atoms with Gasteiger partial charge in [-0.3, -0.25) is 4.79 Å². The molecule has 0 unspecified atom stereocenters. The summed E-state index contributed by atoms with van der Waals surface area (Å²) in [5.74, 6) is 1.06. The monoisotopic (exact) mass is 493 g/mol. The Morgan fingerprint density at radius 3 is 2.56 bits per heavy atom. The number of fused-ring (bicyclic) bond motifs is 1. The number of aromatic nitrogens is 2. The van der Waals surface area contributed by atoms with Gasteiger partial charge >= 0.3 is 0 Å². The standard InChI is InChI=1S/C28H29Cl2N3O/c1-19-11-13-22(20(2)16-19)28(34)31-15-7-3-4-10-27-32-25-8-5-6-9-26(25)33(27)18-21-12-14-23(29)24(30)17-21/h5-6,8-9,11-14,16-17H,3-4,7,10,15,18H2,1-2H3,(H,31,34). The van der Waals surface area contributed by atoms with Gasteiger partial charge in [0.25, 0.3) is 5.91 Å². The van der Waals surface area contributed by atoms with E-state index in [2.05, 4.69) is 16.0 Å². The number of carbonyl (C=O) groups excluding carboxylic acids is 1. The number of para-hydroxylation sites is 2. The molecule has 0 aliphatic heterocycles. The first kappa shape index (κ1) is 24.3. The second kappa shape index (κ2) is 11.1. The summed E-state index contributed by atoms with van der Waals surface area (Å²) in [6.45, 7) is 5.38. The van der Waals surface area contributed by atoms with E-state index >= 15 is 0 Å². The Morgan fingerprint density at radius 2 is 1.76 bits per heavy atom. The lowest BCUT2D eigenvalue weighted by Gasteiger charge is -2.11. The molecule has 176 valence electrons. The lowest BCUT2D eigenvalue weighted by Crippen LogP contribution is -2.25. The van der Waals surface area contributed by atoms with Gasteiger partial charge in [0.15, 0.2) is 0 Å². The molecule has 4 rings (SSSR count). The van der Waals surface area contributed by atoms with Gasteiger partial charge in [0.2, 0.25) is 0 Å². The first-order valence-electron chi connectivity index (χ1n) is 11.7. The summed E-state index contributed by atoms with van der Waals surface area (Å²) in [5, 5.41) is 4.17. The van der Waals surface area contributed by atoms with Crippen LogP contribution in [-0.2, 0) is 13.0 Å². The van der Waals surface area contributed by atoms with Gasteiger partial charge in [-0.15, -0.1) is 0 Å². The molecule has 0 aliphatic rings. The third kappa shape index (κ3) is 5.81. The van der Waals surface area contributed by atoms with Crippen molar-refractivity contribution >= 4 is 40.1 Å². The number of amides is 1. The quantitative estimate of drug-likeness (QED) is 0.251. The van der Waals surface area contributed by atoms with E-state index in [1.165, 1.54) is 5.56 Å². The first-order chi connectivity index (χ1) is 16.4. The van der Waals surface area contributed by atoms with E-state index in [-0.39, 0.29) is 5.91 Å². The predicted octanol–water partition coefficient (Wildman–Crippen LogP) is 7.15. The highest BCUT2D eigenvalue weighted by Crippen LogP contribution is 2.25. The largest absolute Gasteiger partial charge is 0.352 e. The molecule has 0 saturated heterocycles. The number of nitrogens with zero attached hydrogens (tertiary/aromatic N) is 2. The van der Waals surface area contributed by atoms with Gasteiger partial charge in [-0.2, -0.15) is 0 Å². The number of hydrogen-bond acceptors (Lipinski definition) is 2. The first-order valence-corrected chi connectivity index (χ1v) is 12.4. The molecule has 1 amide bonds. The molecule has 0 saturated carbocycles. The number of hydrogen-bond donors (Lipinski definition) is 1. The fourth-order valence-corrected chi connectivity index (χ4v) is 4.58. The maximum Gasteiger partial charge on any atom is 0.251 e. The maximum atomic E-state index is 12.5. The minimum atomic E-state index is 0.000850. The lowest BCUT2D eigenvalue weighted by atomic mass is 10.1. The molecule has 1 aromatic heterocycles. The zero-order chi connectivity index (χ0) is 24.1. The van der Waals surface area contributed by atoms with E-state index in [0.717, 1.165) is 59.2 Å². The van der Waals surface area contributed by atoms with Crippen molar-refractivity contribution in [2.75, 3.05) is 6.54 Å². The molecular formula is C28H29Cl2N3O.